The molecular weight excluding hydrogens is 162 g/mol. The zero-order valence-electron chi connectivity index (χ0n) is 6.19. The molecule has 2 heterocycles. The molecule has 1 aliphatic rings. The molecule has 0 amide bonds. The van der Waals surface area contributed by atoms with E-state index in [0.29, 0.717) is 13.1 Å². The molecule has 0 unspecified atom stereocenters. The molecule has 60 valence electrons. The van der Waals surface area contributed by atoms with Crippen molar-refractivity contribution in [1.82, 2.24) is 9.36 Å². The van der Waals surface area contributed by atoms with Crippen molar-refractivity contribution in [1.29, 1.82) is 0 Å². The van der Waals surface area contributed by atoms with E-state index in [1.807, 2.05) is 11.8 Å². The van der Waals surface area contributed by atoms with Crippen LogP contribution in [0.2, 0.25) is 0 Å². The number of anilines is 1. The lowest BCUT2D eigenvalue weighted by Gasteiger charge is -2.43. The molecular formula is C6H9N3OS. The number of β-amino-alcohol motifs (C(OH)–C–C–N with tert-alkyl or cyclic N) is 1. The Morgan fingerprint density at radius 2 is 2.45 bits per heavy atom. The molecule has 2 rings (SSSR count). The Bertz CT molecular complexity index is 238. The lowest BCUT2D eigenvalue weighted by molar-refractivity contribution is 0.0310. The molecule has 1 N–H and O–H groups in total. The fourth-order valence-electron chi connectivity index (χ4n) is 1.22. The molecule has 0 aromatic carbocycles. The largest absolute Gasteiger partial charge is 0.386 e. The van der Waals surface area contributed by atoms with Crippen molar-refractivity contribution in [2.45, 2.75) is 12.5 Å². The highest BCUT2D eigenvalue weighted by atomic mass is 32.1. The second-order valence-corrected chi connectivity index (χ2v) is 3.84. The van der Waals surface area contributed by atoms with Crippen LogP contribution in [0.25, 0.3) is 0 Å². The van der Waals surface area contributed by atoms with Gasteiger partial charge in [0, 0.05) is 11.5 Å². The Labute approximate surface area is 68.7 Å². The normalized spacial score (nSPS) is 21.5. The van der Waals surface area contributed by atoms with Crippen LogP contribution in [-0.2, 0) is 0 Å². The van der Waals surface area contributed by atoms with Crippen molar-refractivity contribution in [3.8, 4) is 0 Å². The predicted molar refractivity (Wildman–Crippen MR) is 42.7 cm³/mol. The van der Waals surface area contributed by atoms with E-state index in [2.05, 4.69) is 9.36 Å². The number of nitrogens with zero attached hydrogens (tertiary/aromatic N) is 3. The van der Waals surface area contributed by atoms with Crippen LogP contribution >= 0.6 is 11.5 Å². The fourth-order valence-corrected chi connectivity index (χ4v) is 1.75. The molecule has 0 atom stereocenters. The Hall–Kier alpha value is -0.680. The van der Waals surface area contributed by atoms with Gasteiger partial charge in [-0.25, -0.2) is 4.98 Å². The summed E-state index contributed by atoms with van der Waals surface area (Å²) in [6, 6.07) is 0. The Morgan fingerprint density at radius 3 is 2.91 bits per heavy atom. The average Bonchev–Trinajstić information content (AvgIpc) is 2.32. The van der Waals surface area contributed by atoms with Crippen molar-refractivity contribution >= 4 is 16.7 Å². The van der Waals surface area contributed by atoms with E-state index in [9.17, 15) is 5.11 Å². The van der Waals surface area contributed by atoms with E-state index in [1.54, 1.807) is 0 Å². The van der Waals surface area contributed by atoms with Gasteiger partial charge in [-0.15, -0.1) is 0 Å². The molecule has 0 bridgehead atoms. The summed E-state index contributed by atoms with van der Waals surface area (Å²) < 4.78 is 3.88. The van der Waals surface area contributed by atoms with Gasteiger partial charge in [-0.05, 0) is 6.92 Å². The average molecular weight is 171 g/mol. The van der Waals surface area contributed by atoms with Gasteiger partial charge in [0.25, 0.3) is 0 Å². The molecule has 11 heavy (non-hydrogen) atoms. The second kappa shape index (κ2) is 2.15. The van der Waals surface area contributed by atoms with E-state index in [1.165, 1.54) is 17.9 Å². The Kier molecular flexibility index (Phi) is 1.37. The van der Waals surface area contributed by atoms with Crippen molar-refractivity contribution in [2.75, 3.05) is 18.0 Å². The SMILES string of the molecule is CC1(O)CN(c2ncns2)C1. The van der Waals surface area contributed by atoms with Crippen LogP contribution in [0, 0.1) is 0 Å². The minimum atomic E-state index is -0.522. The first-order chi connectivity index (χ1) is 5.17. The molecule has 0 radical (unpaired) electrons. The molecule has 1 saturated heterocycles. The zero-order valence-corrected chi connectivity index (χ0v) is 7.01. The second-order valence-electron chi connectivity index (χ2n) is 3.08. The quantitative estimate of drug-likeness (QED) is 0.651. The van der Waals surface area contributed by atoms with E-state index < -0.39 is 5.60 Å². The van der Waals surface area contributed by atoms with Crippen LogP contribution in [0.4, 0.5) is 5.13 Å². The van der Waals surface area contributed by atoms with Crippen LogP contribution < -0.4 is 4.90 Å². The van der Waals surface area contributed by atoms with Crippen molar-refractivity contribution in [2.24, 2.45) is 0 Å². The first-order valence-corrected chi connectivity index (χ1v) is 4.19. The van der Waals surface area contributed by atoms with Gasteiger partial charge in [0.1, 0.15) is 6.33 Å². The summed E-state index contributed by atoms with van der Waals surface area (Å²) in [5, 5.41) is 10.3. The van der Waals surface area contributed by atoms with Gasteiger partial charge in [0.15, 0.2) is 0 Å². The van der Waals surface area contributed by atoms with E-state index in [4.69, 9.17) is 0 Å². The highest BCUT2D eigenvalue weighted by molar-refractivity contribution is 7.09. The smallest absolute Gasteiger partial charge is 0.205 e. The summed E-state index contributed by atoms with van der Waals surface area (Å²) in [6.45, 7) is 3.16. The maximum Gasteiger partial charge on any atom is 0.205 e. The standard InChI is InChI=1S/C6H9N3OS/c1-6(10)2-9(3-6)5-7-4-8-11-5/h4,10H,2-3H2,1H3. The van der Waals surface area contributed by atoms with E-state index in [-0.39, 0.29) is 0 Å². The molecule has 5 heteroatoms. The van der Waals surface area contributed by atoms with Crippen LogP contribution in [-0.4, -0.2) is 33.2 Å². The van der Waals surface area contributed by atoms with Crippen molar-refractivity contribution in [3.63, 3.8) is 0 Å². The van der Waals surface area contributed by atoms with Crippen LogP contribution in [0.3, 0.4) is 0 Å². The lowest BCUT2D eigenvalue weighted by Crippen LogP contribution is -2.60. The van der Waals surface area contributed by atoms with Gasteiger partial charge in [-0.3, -0.25) is 0 Å². The number of hydrogen-bond donors (Lipinski definition) is 1. The highest BCUT2D eigenvalue weighted by Crippen LogP contribution is 2.27. The molecule has 4 nitrogen and oxygen atoms in total. The summed E-state index contributed by atoms with van der Waals surface area (Å²) in [5.41, 5.74) is -0.522. The number of hydrogen-bond acceptors (Lipinski definition) is 5. The van der Waals surface area contributed by atoms with E-state index >= 15 is 0 Å². The molecule has 0 saturated carbocycles. The molecule has 1 aliphatic heterocycles. The molecule has 0 aliphatic carbocycles. The molecule has 1 aromatic heterocycles. The summed E-state index contributed by atoms with van der Waals surface area (Å²) in [6.07, 6.45) is 1.53. The Balaban J connectivity index is 2.03. The van der Waals surface area contributed by atoms with Gasteiger partial charge in [0.05, 0.1) is 18.7 Å². The number of aliphatic hydroxyl groups is 1. The van der Waals surface area contributed by atoms with Gasteiger partial charge >= 0.3 is 0 Å². The van der Waals surface area contributed by atoms with Gasteiger partial charge < -0.3 is 10.0 Å². The third-order valence-corrected chi connectivity index (χ3v) is 2.41. The summed E-state index contributed by atoms with van der Waals surface area (Å²) in [5.74, 6) is 0. The lowest BCUT2D eigenvalue weighted by atomic mass is 9.98. The van der Waals surface area contributed by atoms with Crippen LogP contribution in [0.5, 0.6) is 0 Å². The van der Waals surface area contributed by atoms with Crippen molar-refractivity contribution < 1.29 is 5.11 Å². The van der Waals surface area contributed by atoms with Crippen LogP contribution in [0.15, 0.2) is 6.33 Å². The summed E-state index contributed by atoms with van der Waals surface area (Å²) in [7, 11) is 0. The third kappa shape index (κ3) is 1.21. The zero-order chi connectivity index (χ0) is 7.90. The van der Waals surface area contributed by atoms with Gasteiger partial charge in [-0.1, -0.05) is 0 Å². The predicted octanol–water partition coefficient (Wildman–Crippen LogP) is 0.109. The monoisotopic (exact) mass is 171 g/mol. The minimum Gasteiger partial charge on any atom is -0.386 e. The first kappa shape index (κ1) is 7.00. The van der Waals surface area contributed by atoms with Crippen molar-refractivity contribution in [3.05, 3.63) is 6.33 Å². The minimum absolute atomic E-state index is 0.522. The highest BCUT2D eigenvalue weighted by Gasteiger charge is 2.37. The van der Waals surface area contributed by atoms with Crippen LogP contribution in [0.1, 0.15) is 6.92 Å². The summed E-state index contributed by atoms with van der Waals surface area (Å²) in [4.78, 5) is 6.04. The molecule has 1 aromatic rings. The maximum absolute atomic E-state index is 9.40. The first-order valence-electron chi connectivity index (χ1n) is 3.41. The van der Waals surface area contributed by atoms with Gasteiger partial charge in [-0.2, -0.15) is 4.37 Å². The molecule has 0 spiro atoms. The number of aromatic nitrogens is 2. The maximum atomic E-state index is 9.40. The topological polar surface area (TPSA) is 49.2 Å². The van der Waals surface area contributed by atoms with Gasteiger partial charge in [0.2, 0.25) is 5.13 Å². The van der Waals surface area contributed by atoms with E-state index in [0.717, 1.165) is 5.13 Å². The number of rotatable bonds is 1. The summed E-state index contributed by atoms with van der Waals surface area (Å²) >= 11 is 1.36. The third-order valence-electron chi connectivity index (χ3n) is 1.68. The Morgan fingerprint density at radius 1 is 1.73 bits per heavy atom. The molecule has 1 fully saturated rings. The fraction of sp³-hybridized carbons (Fsp3) is 0.667.